The van der Waals surface area contributed by atoms with E-state index in [0.29, 0.717) is 6.04 Å². The number of nitrogens with one attached hydrogen (secondary N) is 1. The second-order valence-corrected chi connectivity index (χ2v) is 5.91. The van der Waals surface area contributed by atoms with Gasteiger partial charge in [-0.15, -0.1) is 12.4 Å². The van der Waals surface area contributed by atoms with Crippen LogP contribution >= 0.6 is 12.4 Å². The Morgan fingerprint density at radius 2 is 2.20 bits per heavy atom. The fourth-order valence-electron chi connectivity index (χ4n) is 3.12. The molecule has 2 atom stereocenters. The number of hydrogen-bond donors (Lipinski definition) is 1. The molecule has 20 heavy (non-hydrogen) atoms. The standard InChI is InChI=1S/C16H24N2O.ClH/c1-13-12-19-16-7-3-2-6-15(16)11-18(13)10-14-5-4-8-17-9-14;/h2-3,6-7,13-14,17H,4-5,8-12H2,1H3;1H. The van der Waals surface area contributed by atoms with Crippen LogP contribution in [0.5, 0.6) is 5.75 Å². The number of rotatable bonds is 2. The van der Waals surface area contributed by atoms with Crippen molar-refractivity contribution in [2.24, 2.45) is 5.92 Å². The van der Waals surface area contributed by atoms with E-state index >= 15 is 0 Å². The Morgan fingerprint density at radius 1 is 1.35 bits per heavy atom. The van der Waals surface area contributed by atoms with Crippen molar-refractivity contribution in [2.45, 2.75) is 32.4 Å². The molecule has 0 amide bonds. The van der Waals surface area contributed by atoms with Gasteiger partial charge in [-0.05, 0) is 44.8 Å². The van der Waals surface area contributed by atoms with Crippen LogP contribution in [0.2, 0.25) is 0 Å². The number of ether oxygens (including phenoxy) is 1. The summed E-state index contributed by atoms with van der Waals surface area (Å²) >= 11 is 0. The summed E-state index contributed by atoms with van der Waals surface area (Å²) in [6, 6.07) is 8.95. The Morgan fingerprint density at radius 3 is 3.00 bits per heavy atom. The van der Waals surface area contributed by atoms with Gasteiger partial charge in [0, 0.05) is 24.7 Å². The Hall–Kier alpha value is -0.770. The fourth-order valence-corrected chi connectivity index (χ4v) is 3.12. The molecule has 2 aliphatic rings. The molecule has 3 rings (SSSR count). The Balaban J connectivity index is 0.00000147. The van der Waals surface area contributed by atoms with E-state index in [1.165, 1.54) is 38.0 Å². The van der Waals surface area contributed by atoms with Gasteiger partial charge in [-0.25, -0.2) is 0 Å². The van der Waals surface area contributed by atoms with E-state index in [1.807, 2.05) is 0 Å². The molecule has 1 N–H and O–H groups in total. The number of halogens is 1. The Kier molecular flexibility index (Phi) is 5.70. The molecule has 112 valence electrons. The summed E-state index contributed by atoms with van der Waals surface area (Å²) in [6.45, 7) is 7.66. The van der Waals surface area contributed by atoms with Crippen LogP contribution in [0.1, 0.15) is 25.3 Å². The van der Waals surface area contributed by atoms with Gasteiger partial charge in [-0.1, -0.05) is 18.2 Å². The predicted molar refractivity (Wildman–Crippen MR) is 84.7 cm³/mol. The zero-order valence-electron chi connectivity index (χ0n) is 12.2. The normalized spacial score (nSPS) is 26.9. The quantitative estimate of drug-likeness (QED) is 0.908. The van der Waals surface area contributed by atoms with Gasteiger partial charge in [0.1, 0.15) is 12.4 Å². The minimum atomic E-state index is 0. The molecule has 0 bridgehead atoms. The summed E-state index contributed by atoms with van der Waals surface area (Å²) in [6.07, 6.45) is 2.68. The Labute approximate surface area is 128 Å². The molecule has 1 fully saturated rings. The summed E-state index contributed by atoms with van der Waals surface area (Å²) in [5.41, 5.74) is 1.33. The molecular weight excluding hydrogens is 272 g/mol. The third kappa shape index (κ3) is 3.66. The molecule has 3 nitrogen and oxygen atoms in total. The van der Waals surface area contributed by atoms with E-state index in [4.69, 9.17) is 4.74 Å². The summed E-state index contributed by atoms with van der Waals surface area (Å²) in [4.78, 5) is 2.59. The number of nitrogens with zero attached hydrogens (tertiary/aromatic N) is 1. The first kappa shape index (κ1) is 15.6. The van der Waals surface area contributed by atoms with E-state index in [1.54, 1.807) is 0 Å². The molecule has 2 heterocycles. The van der Waals surface area contributed by atoms with Crippen molar-refractivity contribution in [2.75, 3.05) is 26.2 Å². The maximum absolute atomic E-state index is 5.92. The average Bonchev–Trinajstić information content (AvgIpc) is 2.61. The SMILES string of the molecule is CC1COc2ccccc2CN1CC1CCCNC1.Cl. The number of benzene rings is 1. The van der Waals surface area contributed by atoms with Crippen LogP contribution in [0.25, 0.3) is 0 Å². The van der Waals surface area contributed by atoms with Crippen LogP contribution in [0.15, 0.2) is 24.3 Å². The lowest BCUT2D eigenvalue weighted by Crippen LogP contribution is -2.42. The lowest BCUT2D eigenvalue weighted by Gasteiger charge is -2.32. The second kappa shape index (κ2) is 7.30. The van der Waals surface area contributed by atoms with Gasteiger partial charge in [0.05, 0.1) is 0 Å². The summed E-state index contributed by atoms with van der Waals surface area (Å²) in [5.74, 6) is 1.86. The molecule has 0 saturated carbocycles. The van der Waals surface area contributed by atoms with Gasteiger partial charge in [0.15, 0.2) is 0 Å². The topological polar surface area (TPSA) is 24.5 Å². The van der Waals surface area contributed by atoms with Crippen LogP contribution in [-0.2, 0) is 6.54 Å². The van der Waals surface area contributed by atoms with Crippen LogP contribution in [0, 0.1) is 5.92 Å². The first-order valence-electron chi connectivity index (χ1n) is 7.48. The third-order valence-electron chi connectivity index (χ3n) is 4.34. The number of fused-ring (bicyclic) bond motifs is 1. The highest BCUT2D eigenvalue weighted by molar-refractivity contribution is 5.85. The summed E-state index contributed by atoms with van der Waals surface area (Å²) < 4.78 is 5.92. The van der Waals surface area contributed by atoms with E-state index in [9.17, 15) is 0 Å². The van der Waals surface area contributed by atoms with Crippen molar-refractivity contribution in [3.63, 3.8) is 0 Å². The lowest BCUT2D eigenvalue weighted by molar-refractivity contribution is 0.128. The monoisotopic (exact) mass is 296 g/mol. The van der Waals surface area contributed by atoms with Gasteiger partial charge in [0.2, 0.25) is 0 Å². The highest BCUT2D eigenvalue weighted by atomic mass is 35.5. The van der Waals surface area contributed by atoms with Crippen LogP contribution < -0.4 is 10.1 Å². The smallest absolute Gasteiger partial charge is 0.123 e. The molecule has 2 aliphatic heterocycles. The zero-order chi connectivity index (χ0) is 13.1. The third-order valence-corrected chi connectivity index (χ3v) is 4.34. The molecule has 1 aromatic rings. The fraction of sp³-hybridized carbons (Fsp3) is 0.625. The maximum atomic E-state index is 5.92. The average molecular weight is 297 g/mol. The van der Waals surface area contributed by atoms with Crippen molar-refractivity contribution in [3.05, 3.63) is 29.8 Å². The minimum Gasteiger partial charge on any atom is -0.492 e. The molecule has 1 saturated heterocycles. The molecule has 0 radical (unpaired) electrons. The predicted octanol–water partition coefficient (Wildman–Crippen LogP) is 2.69. The number of hydrogen-bond acceptors (Lipinski definition) is 3. The second-order valence-electron chi connectivity index (χ2n) is 5.91. The first-order valence-corrected chi connectivity index (χ1v) is 7.48. The van der Waals surface area contributed by atoms with E-state index in [-0.39, 0.29) is 12.4 Å². The molecule has 0 spiro atoms. The van der Waals surface area contributed by atoms with Crippen LogP contribution in [0.4, 0.5) is 0 Å². The van der Waals surface area contributed by atoms with Crippen LogP contribution in [0.3, 0.4) is 0 Å². The Bertz CT molecular complexity index is 421. The van der Waals surface area contributed by atoms with Gasteiger partial charge >= 0.3 is 0 Å². The minimum absolute atomic E-state index is 0. The molecule has 2 unspecified atom stereocenters. The summed E-state index contributed by atoms with van der Waals surface area (Å²) in [7, 11) is 0. The van der Waals surface area contributed by atoms with Crippen molar-refractivity contribution in [1.29, 1.82) is 0 Å². The number of para-hydroxylation sites is 1. The van der Waals surface area contributed by atoms with E-state index in [0.717, 1.165) is 24.8 Å². The molecular formula is C16H25ClN2O. The van der Waals surface area contributed by atoms with Crippen molar-refractivity contribution in [1.82, 2.24) is 10.2 Å². The van der Waals surface area contributed by atoms with E-state index < -0.39 is 0 Å². The molecule has 0 aromatic heterocycles. The van der Waals surface area contributed by atoms with Gasteiger partial charge in [-0.3, -0.25) is 4.90 Å². The highest BCUT2D eigenvalue weighted by Crippen LogP contribution is 2.26. The number of piperidine rings is 1. The van der Waals surface area contributed by atoms with E-state index in [2.05, 4.69) is 41.4 Å². The van der Waals surface area contributed by atoms with Crippen molar-refractivity contribution < 1.29 is 4.74 Å². The largest absolute Gasteiger partial charge is 0.492 e. The zero-order valence-corrected chi connectivity index (χ0v) is 13.0. The lowest BCUT2D eigenvalue weighted by atomic mass is 9.98. The van der Waals surface area contributed by atoms with Gasteiger partial charge in [0.25, 0.3) is 0 Å². The summed E-state index contributed by atoms with van der Waals surface area (Å²) in [5, 5.41) is 3.52. The highest BCUT2D eigenvalue weighted by Gasteiger charge is 2.24. The van der Waals surface area contributed by atoms with Crippen molar-refractivity contribution >= 4 is 12.4 Å². The molecule has 4 heteroatoms. The molecule has 1 aromatic carbocycles. The molecule has 0 aliphatic carbocycles. The van der Waals surface area contributed by atoms with Crippen LogP contribution in [-0.4, -0.2) is 37.2 Å². The van der Waals surface area contributed by atoms with Gasteiger partial charge in [-0.2, -0.15) is 0 Å². The first-order chi connectivity index (χ1) is 9.33. The maximum Gasteiger partial charge on any atom is 0.123 e. The van der Waals surface area contributed by atoms with Gasteiger partial charge < -0.3 is 10.1 Å². The van der Waals surface area contributed by atoms with Crippen molar-refractivity contribution in [3.8, 4) is 5.75 Å².